The molecule has 3 rings (SSSR count). The maximum Gasteiger partial charge on any atom is 0.245 e. The summed E-state index contributed by atoms with van der Waals surface area (Å²) >= 11 is 1.27. The number of nitrogens with zero attached hydrogens (tertiary/aromatic N) is 3. The molecule has 6 nitrogen and oxygen atoms in total. The van der Waals surface area contributed by atoms with Crippen molar-refractivity contribution in [3.05, 3.63) is 60.2 Å². The Morgan fingerprint density at radius 1 is 1.13 bits per heavy atom. The Balaban J connectivity index is 1.66. The Morgan fingerprint density at radius 3 is 2.53 bits per heavy atom. The second kappa shape index (κ2) is 10.1. The van der Waals surface area contributed by atoms with Gasteiger partial charge in [0, 0.05) is 13.1 Å². The molecule has 0 radical (unpaired) electrons. The third-order valence-corrected chi connectivity index (χ3v) is 5.53. The lowest BCUT2D eigenvalue weighted by Gasteiger charge is -2.12. The summed E-state index contributed by atoms with van der Waals surface area (Å²) in [7, 11) is 0. The molecule has 1 unspecified atom stereocenters. The molecule has 2 aromatic carbocycles. The molecule has 0 aliphatic carbocycles. The molecule has 1 atom stereocenters. The number of nitriles is 1. The maximum atomic E-state index is 12.6. The van der Waals surface area contributed by atoms with Crippen LogP contribution >= 0.6 is 11.8 Å². The van der Waals surface area contributed by atoms with Gasteiger partial charge in [0.25, 0.3) is 0 Å². The van der Waals surface area contributed by atoms with Crippen LogP contribution in [0.15, 0.2) is 59.8 Å². The molecule has 1 aromatic heterocycles. The number of hydrogen-bond donors (Lipinski definition) is 1. The molecule has 0 fully saturated rings. The van der Waals surface area contributed by atoms with Crippen LogP contribution in [0.25, 0.3) is 11.0 Å². The molecule has 1 amide bonds. The molecule has 0 saturated carbocycles. The number of ketones is 1. The Labute approximate surface area is 180 Å². The highest BCUT2D eigenvalue weighted by molar-refractivity contribution is 7.99. The Morgan fingerprint density at radius 2 is 1.83 bits per heavy atom. The number of thioether (sulfide) groups is 1. The van der Waals surface area contributed by atoms with Gasteiger partial charge in [-0.25, -0.2) is 4.98 Å². The number of carbonyl (C=O) groups is 2. The van der Waals surface area contributed by atoms with E-state index >= 15 is 0 Å². The molecule has 3 aromatic rings. The van der Waals surface area contributed by atoms with Gasteiger partial charge in [-0.2, -0.15) is 5.26 Å². The number of para-hydroxylation sites is 2. The number of aromatic nitrogens is 2. The first-order valence-electron chi connectivity index (χ1n) is 9.81. The monoisotopic (exact) mass is 420 g/mol. The molecule has 0 aliphatic rings. The molecular weight excluding hydrogens is 396 g/mol. The minimum absolute atomic E-state index is 0.0123. The lowest BCUT2D eigenvalue weighted by molar-refractivity contribution is -0.130. The van der Waals surface area contributed by atoms with Gasteiger partial charge in [-0.05, 0) is 23.6 Å². The summed E-state index contributed by atoms with van der Waals surface area (Å²) < 4.78 is 2.09. The lowest BCUT2D eigenvalue weighted by Crippen LogP contribution is -2.35. The van der Waals surface area contributed by atoms with E-state index in [2.05, 4.69) is 28.7 Å². The van der Waals surface area contributed by atoms with Crippen LogP contribution in [-0.2, 0) is 22.7 Å². The fourth-order valence-electron chi connectivity index (χ4n) is 3.09. The first kappa shape index (κ1) is 21.6. The van der Waals surface area contributed by atoms with E-state index in [0.29, 0.717) is 5.92 Å². The largest absolute Gasteiger partial charge is 0.350 e. The molecule has 7 heteroatoms. The van der Waals surface area contributed by atoms with E-state index in [1.807, 2.05) is 60.7 Å². The summed E-state index contributed by atoms with van der Waals surface area (Å²) in [5, 5.41) is 12.8. The second-order valence-corrected chi connectivity index (χ2v) is 8.35. The van der Waals surface area contributed by atoms with E-state index in [1.54, 1.807) is 0 Å². The normalized spacial score (nSPS) is 11.9. The molecular formula is C23H24N4O2S. The van der Waals surface area contributed by atoms with E-state index in [0.717, 1.165) is 28.3 Å². The predicted molar refractivity (Wildman–Crippen MR) is 118 cm³/mol. The van der Waals surface area contributed by atoms with Crippen LogP contribution in [0, 0.1) is 23.2 Å². The topological polar surface area (TPSA) is 87.8 Å². The van der Waals surface area contributed by atoms with Gasteiger partial charge in [-0.3, -0.25) is 9.59 Å². The minimum atomic E-state index is -1.33. The number of carbonyl (C=O) groups excluding carboxylic acids is 2. The highest BCUT2D eigenvalue weighted by Gasteiger charge is 2.26. The van der Waals surface area contributed by atoms with E-state index in [-0.39, 0.29) is 12.3 Å². The molecule has 30 heavy (non-hydrogen) atoms. The van der Waals surface area contributed by atoms with Gasteiger partial charge < -0.3 is 9.88 Å². The third-order valence-electron chi connectivity index (χ3n) is 4.53. The van der Waals surface area contributed by atoms with Crippen LogP contribution in [-0.4, -0.2) is 27.0 Å². The Kier molecular flexibility index (Phi) is 7.26. The van der Waals surface area contributed by atoms with Crippen LogP contribution < -0.4 is 5.32 Å². The van der Waals surface area contributed by atoms with Crippen LogP contribution in [0.5, 0.6) is 0 Å². The average molecular weight is 421 g/mol. The van der Waals surface area contributed by atoms with Crippen molar-refractivity contribution >= 4 is 34.5 Å². The van der Waals surface area contributed by atoms with E-state index in [4.69, 9.17) is 0 Å². The van der Waals surface area contributed by atoms with Crippen molar-refractivity contribution in [1.82, 2.24) is 14.9 Å². The maximum absolute atomic E-state index is 12.6. The van der Waals surface area contributed by atoms with Gasteiger partial charge in [-0.15, -0.1) is 0 Å². The van der Waals surface area contributed by atoms with Gasteiger partial charge in [0.1, 0.15) is 0 Å². The summed E-state index contributed by atoms with van der Waals surface area (Å²) in [5.41, 5.74) is 2.79. The zero-order chi connectivity index (χ0) is 21.5. The number of rotatable bonds is 9. The zero-order valence-electron chi connectivity index (χ0n) is 17.0. The number of benzene rings is 2. The molecule has 154 valence electrons. The van der Waals surface area contributed by atoms with Gasteiger partial charge in [0.15, 0.2) is 16.9 Å². The van der Waals surface area contributed by atoms with Crippen LogP contribution in [0.2, 0.25) is 0 Å². The van der Waals surface area contributed by atoms with Crippen LogP contribution in [0.1, 0.15) is 19.4 Å². The summed E-state index contributed by atoms with van der Waals surface area (Å²) in [6.07, 6.45) is 0. The molecule has 0 aliphatic heterocycles. The highest BCUT2D eigenvalue weighted by atomic mass is 32.2. The van der Waals surface area contributed by atoms with Crippen molar-refractivity contribution in [2.75, 3.05) is 5.75 Å². The van der Waals surface area contributed by atoms with Crippen molar-refractivity contribution in [1.29, 1.82) is 5.26 Å². The first-order valence-corrected chi connectivity index (χ1v) is 10.8. The van der Waals surface area contributed by atoms with Crippen molar-refractivity contribution < 1.29 is 9.59 Å². The standard InChI is InChI=1S/C23H24N4O2S/c1-16(2)14-27-20-11-7-6-10-19(20)26-23(27)30-15-21(28)18(12-24)22(29)25-13-17-8-4-3-5-9-17/h3-11,16,18H,13-15H2,1-2H3,(H,25,29). The number of hydrogen-bond acceptors (Lipinski definition) is 5. The first-order chi connectivity index (χ1) is 14.5. The molecule has 1 N–H and O–H groups in total. The van der Waals surface area contributed by atoms with Crippen molar-refractivity contribution in [2.24, 2.45) is 11.8 Å². The molecule has 0 saturated heterocycles. The van der Waals surface area contributed by atoms with E-state index in [1.165, 1.54) is 11.8 Å². The van der Waals surface area contributed by atoms with Gasteiger partial charge in [0.2, 0.25) is 5.91 Å². The summed E-state index contributed by atoms with van der Waals surface area (Å²) in [6.45, 7) is 5.30. The summed E-state index contributed by atoms with van der Waals surface area (Å²) in [6, 6.07) is 19.0. The predicted octanol–water partition coefficient (Wildman–Crippen LogP) is 3.81. The summed E-state index contributed by atoms with van der Waals surface area (Å²) in [4.78, 5) is 29.6. The fraction of sp³-hybridized carbons (Fsp3) is 0.304. The lowest BCUT2D eigenvalue weighted by atomic mass is 10.1. The van der Waals surface area contributed by atoms with Crippen LogP contribution in [0.3, 0.4) is 0 Å². The number of imidazole rings is 1. The SMILES string of the molecule is CC(C)Cn1c(SCC(=O)C(C#N)C(=O)NCc2ccccc2)nc2ccccc21. The molecule has 0 spiro atoms. The van der Waals surface area contributed by atoms with E-state index in [9.17, 15) is 14.9 Å². The second-order valence-electron chi connectivity index (χ2n) is 7.41. The fourth-order valence-corrected chi connectivity index (χ4v) is 4.02. The number of Topliss-reactive ketones (excluding diaryl/α,β-unsaturated/α-hetero) is 1. The quantitative estimate of drug-likeness (QED) is 0.420. The van der Waals surface area contributed by atoms with Gasteiger partial charge in [0.05, 0.1) is 22.9 Å². The van der Waals surface area contributed by atoms with E-state index < -0.39 is 17.6 Å². The summed E-state index contributed by atoms with van der Waals surface area (Å²) in [5.74, 6) is -1.89. The van der Waals surface area contributed by atoms with Crippen LogP contribution in [0.4, 0.5) is 0 Å². The Hall–Kier alpha value is -3.11. The van der Waals surface area contributed by atoms with Crippen molar-refractivity contribution in [3.63, 3.8) is 0 Å². The van der Waals surface area contributed by atoms with Crippen molar-refractivity contribution in [3.8, 4) is 6.07 Å². The number of amides is 1. The van der Waals surface area contributed by atoms with Gasteiger partial charge in [-0.1, -0.05) is 68.1 Å². The number of fused-ring (bicyclic) bond motifs is 1. The Bertz CT molecular complexity index is 1070. The third kappa shape index (κ3) is 5.28. The van der Waals surface area contributed by atoms with Crippen molar-refractivity contribution in [2.45, 2.75) is 32.1 Å². The smallest absolute Gasteiger partial charge is 0.245 e. The average Bonchev–Trinajstić information content (AvgIpc) is 3.09. The molecule has 0 bridgehead atoms. The zero-order valence-corrected chi connectivity index (χ0v) is 17.9. The minimum Gasteiger partial charge on any atom is -0.350 e. The molecule has 1 heterocycles. The highest BCUT2D eigenvalue weighted by Crippen LogP contribution is 2.25. The number of nitrogens with one attached hydrogen (secondary N) is 1. The van der Waals surface area contributed by atoms with Gasteiger partial charge >= 0.3 is 0 Å².